The summed E-state index contributed by atoms with van der Waals surface area (Å²) < 4.78 is 13.7. The molecule has 2 rings (SSSR count). The summed E-state index contributed by atoms with van der Waals surface area (Å²) in [5.74, 6) is 0.526. The van der Waals surface area contributed by atoms with Crippen LogP contribution in [0.1, 0.15) is 57.4 Å². The topological polar surface area (TPSA) is 20.2 Å². The highest BCUT2D eigenvalue weighted by Crippen LogP contribution is 2.35. The van der Waals surface area contributed by atoms with Crippen LogP contribution in [0.3, 0.4) is 0 Å². The molecule has 0 heterocycles. The second kappa shape index (κ2) is 7.04. The number of halogens is 2. The summed E-state index contributed by atoms with van der Waals surface area (Å²) in [6, 6.07) is 5.05. The van der Waals surface area contributed by atoms with E-state index in [1.807, 2.05) is 0 Å². The Morgan fingerprint density at radius 3 is 2.85 bits per heavy atom. The van der Waals surface area contributed by atoms with Crippen LogP contribution in [-0.4, -0.2) is 10.7 Å². The number of benzene rings is 1. The summed E-state index contributed by atoms with van der Waals surface area (Å²) in [6.45, 7) is 2.23. The van der Waals surface area contributed by atoms with Crippen LogP contribution >= 0.6 is 15.9 Å². The Kier molecular flexibility index (Phi) is 5.62. The summed E-state index contributed by atoms with van der Waals surface area (Å²) in [5.41, 5.74) is 0.398. The highest BCUT2D eigenvalue weighted by atomic mass is 79.9. The van der Waals surface area contributed by atoms with Gasteiger partial charge < -0.3 is 5.11 Å². The van der Waals surface area contributed by atoms with E-state index >= 15 is 0 Å². The van der Waals surface area contributed by atoms with Gasteiger partial charge in [-0.1, -0.05) is 38.7 Å². The lowest BCUT2D eigenvalue weighted by Gasteiger charge is -2.27. The Morgan fingerprint density at radius 1 is 1.35 bits per heavy atom. The second-order valence-corrected chi connectivity index (χ2v) is 7.09. The largest absolute Gasteiger partial charge is 0.390 e. The SMILES string of the molecule is CCCC1CCCC(O)(Cc2ccc(F)c(Br)c2)CC1. The lowest BCUT2D eigenvalue weighted by Crippen LogP contribution is -2.30. The third-order valence-electron chi connectivity index (χ3n) is 4.49. The molecule has 20 heavy (non-hydrogen) atoms. The van der Waals surface area contributed by atoms with Gasteiger partial charge in [0, 0.05) is 6.42 Å². The first-order chi connectivity index (χ1) is 9.52. The van der Waals surface area contributed by atoms with Gasteiger partial charge in [0.25, 0.3) is 0 Å². The van der Waals surface area contributed by atoms with Crippen molar-refractivity contribution in [1.29, 1.82) is 0 Å². The van der Waals surface area contributed by atoms with Crippen molar-refractivity contribution in [2.75, 3.05) is 0 Å². The third-order valence-corrected chi connectivity index (χ3v) is 5.09. The molecule has 0 bridgehead atoms. The highest BCUT2D eigenvalue weighted by Gasteiger charge is 2.30. The van der Waals surface area contributed by atoms with Crippen LogP contribution in [-0.2, 0) is 6.42 Å². The normalized spacial score (nSPS) is 27.3. The Balaban J connectivity index is 2.01. The molecule has 112 valence electrons. The van der Waals surface area contributed by atoms with Crippen molar-refractivity contribution < 1.29 is 9.50 Å². The van der Waals surface area contributed by atoms with Gasteiger partial charge in [-0.3, -0.25) is 0 Å². The van der Waals surface area contributed by atoms with Crippen LogP contribution in [0, 0.1) is 11.7 Å². The first-order valence-corrected chi connectivity index (χ1v) is 8.48. The molecule has 1 aliphatic carbocycles. The molecule has 0 aromatic heterocycles. The van der Waals surface area contributed by atoms with Crippen molar-refractivity contribution in [3.63, 3.8) is 0 Å². The number of hydrogen-bond acceptors (Lipinski definition) is 1. The smallest absolute Gasteiger partial charge is 0.137 e. The maximum Gasteiger partial charge on any atom is 0.137 e. The van der Waals surface area contributed by atoms with Crippen LogP contribution < -0.4 is 0 Å². The molecule has 1 aromatic carbocycles. The van der Waals surface area contributed by atoms with Crippen LogP contribution in [0.4, 0.5) is 4.39 Å². The fourth-order valence-electron chi connectivity index (χ4n) is 3.37. The first kappa shape index (κ1) is 16.0. The zero-order valence-electron chi connectivity index (χ0n) is 12.2. The summed E-state index contributed by atoms with van der Waals surface area (Å²) in [5, 5.41) is 10.8. The van der Waals surface area contributed by atoms with Crippen molar-refractivity contribution in [2.45, 2.75) is 63.9 Å². The monoisotopic (exact) mass is 342 g/mol. The van der Waals surface area contributed by atoms with E-state index in [2.05, 4.69) is 22.9 Å². The summed E-state index contributed by atoms with van der Waals surface area (Å²) >= 11 is 3.22. The summed E-state index contributed by atoms with van der Waals surface area (Å²) in [7, 11) is 0. The van der Waals surface area contributed by atoms with Crippen molar-refractivity contribution in [1.82, 2.24) is 0 Å². The number of hydrogen-bond donors (Lipinski definition) is 1. The first-order valence-electron chi connectivity index (χ1n) is 7.69. The molecule has 1 aromatic rings. The predicted molar refractivity (Wildman–Crippen MR) is 84.2 cm³/mol. The minimum Gasteiger partial charge on any atom is -0.390 e. The second-order valence-electron chi connectivity index (χ2n) is 6.24. The van der Waals surface area contributed by atoms with Gasteiger partial charge in [0.15, 0.2) is 0 Å². The van der Waals surface area contributed by atoms with Crippen molar-refractivity contribution in [3.8, 4) is 0 Å². The molecule has 0 radical (unpaired) electrons. The van der Waals surface area contributed by atoms with Gasteiger partial charge in [-0.25, -0.2) is 4.39 Å². The minimum absolute atomic E-state index is 0.246. The molecular weight excluding hydrogens is 319 g/mol. The molecule has 0 amide bonds. The lowest BCUT2D eigenvalue weighted by atomic mass is 9.87. The molecule has 1 fully saturated rings. The molecule has 1 N–H and O–H groups in total. The van der Waals surface area contributed by atoms with Gasteiger partial charge in [0.05, 0.1) is 10.1 Å². The summed E-state index contributed by atoms with van der Waals surface area (Å²) in [6.07, 6.45) is 8.32. The molecule has 0 aliphatic heterocycles. The van der Waals surface area contributed by atoms with E-state index < -0.39 is 5.60 Å². The minimum atomic E-state index is -0.611. The van der Waals surface area contributed by atoms with E-state index in [-0.39, 0.29) is 5.82 Å². The average molecular weight is 343 g/mol. The van der Waals surface area contributed by atoms with Gasteiger partial charge in [0.2, 0.25) is 0 Å². The maximum atomic E-state index is 13.3. The Bertz CT molecular complexity index is 449. The molecule has 2 atom stereocenters. The van der Waals surface area contributed by atoms with Crippen LogP contribution in [0.2, 0.25) is 0 Å². The van der Waals surface area contributed by atoms with E-state index in [0.717, 1.165) is 37.2 Å². The highest BCUT2D eigenvalue weighted by molar-refractivity contribution is 9.10. The van der Waals surface area contributed by atoms with Gasteiger partial charge in [0.1, 0.15) is 5.82 Å². The quantitative estimate of drug-likeness (QED) is 0.741. The zero-order valence-corrected chi connectivity index (χ0v) is 13.8. The van der Waals surface area contributed by atoms with E-state index in [9.17, 15) is 9.50 Å². The van der Waals surface area contributed by atoms with Crippen LogP contribution in [0.25, 0.3) is 0 Å². The Hall–Kier alpha value is -0.410. The number of rotatable bonds is 4. The van der Waals surface area contributed by atoms with Crippen LogP contribution in [0.5, 0.6) is 0 Å². The lowest BCUT2D eigenvalue weighted by molar-refractivity contribution is 0.0241. The molecule has 2 unspecified atom stereocenters. The van der Waals surface area contributed by atoms with Gasteiger partial charge in [-0.05, 0) is 58.8 Å². The number of aliphatic hydroxyl groups is 1. The fraction of sp³-hybridized carbons (Fsp3) is 0.647. The van der Waals surface area contributed by atoms with E-state index in [0.29, 0.717) is 10.9 Å². The standard InChI is InChI=1S/C17H24BrFO/c1-2-4-13-5-3-9-17(20,10-8-13)12-14-6-7-16(19)15(18)11-14/h6-7,11,13,20H,2-5,8-10,12H2,1H3. The summed E-state index contributed by atoms with van der Waals surface area (Å²) in [4.78, 5) is 0. The molecule has 1 aliphatic rings. The zero-order chi connectivity index (χ0) is 14.6. The Labute approximate surface area is 129 Å². The molecule has 1 nitrogen and oxygen atoms in total. The Morgan fingerprint density at radius 2 is 2.15 bits per heavy atom. The molecule has 0 spiro atoms. The fourth-order valence-corrected chi connectivity index (χ4v) is 3.79. The van der Waals surface area contributed by atoms with E-state index in [4.69, 9.17) is 0 Å². The maximum absolute atomic E-state index is 13.3. The predicted octanol–water partition coefficient (Wildman–Crippen LogP) is 5.24. The molecule has 3 heteroatoms. The van der Waals surface area contributed by atoms with Gasteiger partial charge in [-0.15, -0.1) is 0 Å². The van der Waals surface area contributed by atoms with Gasteiger partial charge in [-0.2, -0.15) is 0 Å². The van der Waals surface area contributed by atoms with Crippen molar-refractivity contribution in [2.24, 2.45) is 5.92 Å². The van der Waals surface area contributed by atoms with Crippen molar-refractivity contribution in [3.05, 3.63) is 34.1 Å². The van der Waals surface area contributed by atoms with Gasteiger partial charge >= 0.3 is 0 Å². The molecule has 1 saturated carbocycles. The molecule has 0 saturated heterocycles. The van der Waals surface area contributed by atoms with E-state index in [1.54, 1.807) is 12.1 Å². The molecular formula is C17H24BrFO. The third kappa shape index (κ3) is 4.29. The average Bonchev–Trinajstić information content (AvgIpc) is 2.57. The van der Waals surface area contributed by atoms with Crippen molar-refractivity contribution >= 4 is 15.9 Å². The van der Waals surface area contributed by atoms with Crippen LogP contribution in [0.15, 0.2) is 22.7 Å². The van der Waals surface area contributed by atoms with E-state index in [1.165, 1.54) is 25.3 Å².